The van der Waals surface area contributed by atoms with E-state index in [4.69, 9.17) is 4.74 Å². The molecule has 1 heterocycles. The molecule has 1 N–H and O–H groups in total. The van der Waals surface area contributed by atoms with Crippen molar-refractivity contribution < 1.29 is 14.5 Å². The van der Waals surface area contributed by atoms with E-state index in [1.807, 2.05) is 24.4 Å². The Bertz CT molecular complexity index is 991. The molecule has 1 aliphatic rings. The van der Waals surface area contributed by atoms with Crippen molar-refractivity contribution in [3.05, 3.63) is 75.5 Å². The fraction of sp³-hybridized carbons (Fsp3) is 0.250. The lowest BCUT2D eigenvalue weighted by Crippen LogP contribution is -2.34. The number of aromatic amines is 1. The Morgan fingerprint density at radius 2 is 2.04 bits per heavy atom. The van der Waals surface area contributed by atoms with Gasteiger partial charge in [0.15, 0.2) is 5.78 Å². The molecule has 1 aliphatic carbocycles. The first kappa shape index (κ1) is 16.3. The Morgan fingerprint density at radius 3 is 2.73 bits per heavy atom. The van der Waals surface area contributed by atoms with Crippen LogP contribution in [0.5, 0.6) is 5.75 Å². The number of aromatic nitrogens is 1. The molecule has 0 bridgehead atoms. The standard InChI is InChI=1S/C20H18N2O4/c1-26-14-7-5-12(6-8-14)19(23)10-16-15-3-2-4-17-20(15)13(11-21-17)9-18(16)22(24)25/h2-8,11,16,18,21H,9-10H2,1H3/t16-,18-/m1/s1. The molecule has 2 aromatic carbocycles. The fourth-order valence-corrected chi connectivity index (χ4v) is 3.89. The van der Waals surface area contributed by atoms with Gasteiger partial charge in [-0.05, 0) is 41.5 Å². The maximum absolute atomic E-state index is 12.8. The van der Waals surface area contributed by atoms with Crippen LogP contribution in [0.3, 0.4) is 0 Å². The van der Waals surface area contributed by atoms with Crippen molar-refractivity contribution in [1.82, 2.24) is 4.98 Å². The molecule has 0 saturated heterocycles. The van der Waals surface area contributed by atoms with Gasteiger partial charge >= 0.3 is 0 Å². The second-order valence-electron chi connectivity index (χ2n) is 6.60. The number of ketones is 1. The van der Waals surface area contributed by atoms with E-state index in [-0.39, 0.29) is 17.1 Å². The molecule has 4 rings (SSSR count). The first-order valence-corrected chi connectivity index (χ1v) is 8.48. The minimum absolute atomic E-state index is 0.0968. The van der Waals surface area contributed by atoms with Crippen molar-refractivity contribution in [2.45, 2.75) is 24.8 Å². The van der Waals surface area contributed by atoms with E-state index in [1.165, 1.54) is 0 Å². The Balaban J connectivity index is 1.71. The Kier molecular flexibility index (Phi) is 3.95. The number of nitrogens with one attached hydrogen (secondary N) is 1. The summed E-state index contributed by atoms with van der Waals surface area (Å²) >= 11 is 0. The Labute approximate surface area is 149 Å². The number of carbonyl (C=O) groups is 1. The fourth-order valence-electron chi connectivity index (χ4n) is 3.89. The van der Waals surface area contributed by atoms with Gasteiger partial charge in [-0.3, -0.25) is 14.9 Å². The summed E-state index contributed by atoms with van der Waals surface area (Å²) < 4.78 is 5.11. The highest BCUT2D eigenvalue weighted by Gasteiger charge is 2.40. The number of rotatable bonds is 5. The van der Waals surface area contributed by atoms with Gasteiger partial charge in [0.1, 0.15) is 5.75 Å². The average Bonchev–Trinajstić information content (AvgIpc) is 3.08. The van der Waals surface area contributed by atoms with Crippen LogP contribution in [0.15, 0.2) is 48.7 Å². The summed E-state index contributed by atoms with van der Waals surface area (Å²) in [6.45, 7) is 0. The van der Waals surface area contributed by atoms with Gasteiger partial charge in [-0.2, -0.15) is 0 Å². The molecule has 26 heavy (non-hydrogen) atoms. The third-order valence-electron chi connectivity index (χ3n) is 5.20. The molecule has 6 heteroatoms. The van der Waals surface area contributed by atoms with E-state index in [0.717, 1.165) is 22.0 Å². The van der Waals surface area contributed by atoms with Gasteiger partial charge in [0.05, 0.1) is 13.0 Å². The van der Waals surface area contributed by atoms with E-state index in [2.05, 4.69) is 4.98 Å². The molecule has 3 aromatic rings. The van der Waals surface area contributed by atoms with E-state index in [0.29, 0.717) is 17.7 Å². The monoisotopic (exact) mass is 350 g/mol. The van der Waals surface area contributed by atoms with Crippen molar-refractivity contribution in [3.63, 3.8) is 0 Å². The molecule has 0 aliphatic heterocycles. The van der Waals surface area contributed by atoms with E-state index in [1.54, 1.807) is 31.4 Å². The van der Waals surface area contributed by atoms with Crippen LogP contribution in [-0.2, 0) is 6.42 Å². The van der Waals surface area contributed by atoms with Gasteiger partial charge in [-0.25, -0.2) is 0 Å². The van der Waals surface area contributed by atoms with Crippen LogP contribution in [0.1, 0.15) is 33.8 Å². The quantitative estimate of drug-likeness (QED) is 0.431. The zero-order chi connectivity index (χ0) is 18.3. The summed E-state index contributed by atoms with van der Waals surface area (Å²) in [6, 6.07) is 11.8. The van der Waals surface area contributed by atoms with Crippen molar-refractivity contribution in [1.29, 1.82) is 0 Å². The van der Waals surface area contributed by atoms with Crippen LogP contribution >= 0.6 is 0 Å². The maximum Gasteiger partial charge on any atom is 0.224 e. The Morgan fingerprint density at radius 1 is 1.27 bits per heavy atom. The van der Waals surface area contributed by atoms with Gasteiger partial charge in [-0.15, -0.1) is 0 Å². The predicted molar refractivity (Wildman–Crippen MR) is 97.5 cm³/mol. The lowest BCUT2D eigenvalue weighted by atomic mass is 9.77. The summed E-state index contributed by atoms with van der Waals surface area (Å²) in [4.78, 5) is 27.4. The number of methoxy groups -OCH3 is 1. The molecule has 0 saturated carbocycles. The zero-order valence-electron chi connectivity index (χ0n) is 14.3. The van der Waals surface area contributed by atoms with Gasteiger partial charge in [0.2, 0.25) is 6.04 Å². The zero-order valence-corrected chi connectivity index (χ0v) is 14.3. The molecule has 2 atom stereocenters. The molecular weight excluding hydrogens is 332 g/mol. The highest BCUT2D eigenvalue weighted by Crippen LogP contribution is 2.40. The van der Waals surface area contributed by atoms with E-state index in [9.17, 15) is 14.9 Å². The summed E-state index contributed by atoms with van der Waals surface area (Å²) in [5, 5.41) is 12.7. The largest absolute Gasteiger partial charge is 0.497 e. The second kappa shape index (κ2) is 6.29. The molecule has 0 spiro atoms. The van der Waals surface area contributed by atoms with Crippen LogP contribution in [-0.4, -0.2) is 28.8 Å². The van der Waals surface area contributed by atoms with Gasteiger partial charge < -0.3 is 9.72 Å². The SMILES string of the molecule is COc1ccc(C(=O)C[C@@H]2c3cccc4[nH]cc(c34)C[C@H]2[N+](=O)[O-])cc1. The van der Waals surface area contributed by atoms with Gasteiger partial charge in [0.25, 0.3) is 0 Å². The molecule has 0 unspecified atom stereocenters. The summed E-state index contributed by atoms with van der Waals surface area (Å²) in [6.07, 6.45) is 2.29. The van der Waals surface area contributed by atoms with Crippen LogP contribution in [0.2, 0.25) is 0 Å². The van der Waals surface area contributed by atoms with Crippen LogP contribution < -0.4 is 4.74 Å². The summed E-state index contributed by atoms with van der Waals surface area (Å²) in [5.74, 6) is 0.135. The van der Waals surface area contributed by atoms with Gasteiger partial charge in [0, 0.05) is 40.4 Å². The highest BCUT2D eigenvalue weighted by atomic mass is 16.6. The summed E-state index contributed by atoms with van der Waals surface area (Å²) in [5.41, 5.74) is 3.33. The molecule has 6 nitrogen and oxygen atoms in total. The highest BCUT2D eigenvalue weighted by molar-refractivity contribution is 5.97. The van der Waals surface area contributed by atoms with Crippen LogP contribution in [0.4, 0.5) is 0 Å². The minimum atomic E-state index is -0.800. The first-order valence-electron chi connectivity index (χ1n) is 8.48. The number of carbonyl (C=O) groups excluding carboxylic acids is 1. The minimum Gasteiger partial charge on any atom is -0.497 e. The number of benzene rings is 2. The first-order chi connectivity index (χ1) is 12.6. The lowest BCUT2D eigenvalue weighted by molar-refractivity contribution is -0.526. The normalized spacial score (nSPS) is 18.7. The van der Waals surface area contributed by atoms with Crippen molar-refractivity contribution in [3.8, 4) is 5.75 Å². The third-order valence-corrected chi connectivity index (χ3v) is 5.20. The summed E-state index contributed by atoms with van der Waals surface area (Å²) in [7, 11) is 1.57. The number of nitro groups is 1. The third kappa shape index (κ3) is 2.63. The van der Waals surface area contributed by atoms with Crippen molar-refractivity contribution in [2.75, 3.05) is 7.11 Å². The molecule has 1 aromatic heterocycles. The van der Waals surface area contributed by atoms with Gasteiger partial charge in [-0.1, -0.05) is 12.1 Å². The molecular formula is C20H18N2O4. The number of hydrogen-bond donors (Lipinski definition) is 1. The molecule has 132 valence electrons. The number of hydrogen-bond acceptors (Lipinski definition) is 4. The number of Topliss-reactive ketones (excluding diaryl/α,β-unsaturated/α-hetero) is 1. The van der Waals surface area contributed by atoms with Crippen LogP contribution in [0, 0.1) is 10.1 Å². The predicted octanol–water partition coefficient (Wildman–Crippen LogP) is 3.73. The van der Waals surface area contributed by atoms with E-state index >= 15 is 0 Å². The average molecular weight is 350 g/mol. The number of nitrogens with zero attached hydrogens (tertiary/aromatic N) is 1. The Hall–Kier alpha value is -3.15. The van der Waals surface area contributed by atoms with Crippen molar-refractivity contribution >= 4 is 16.7 Å². The smallest absolute Gasteiger partial charge is 0.224 e. The molecule has 0 fully saturated rings. The maximum atomic E-state index is 12.8. The van der Waals surface area contributed by atoms with Crippen molar-refractivity contribution in [2.24, 2.45) is 0 Å². The molecule has 0 amide bonds. The second-order valence-corrected chi connectivity index (χ2v) is 6.60. The number of ether oxygens (including phenoxy) is 1. The van der Waals surface area contributed by atoms with E-state index < -0.39 is 12.0 Å². The molecule has 0 radical (unpaired) electrons. The number of H-pyrrole nitrogens is 1. The topological polar surface area (TPSA) is 85.2 Å². The van der Waals surface area contributed by atoms with Crippen LogP contribution in [0.25, 0.3) is 10.9 Å². The lowest BCUT2D eigenvalue weighted by Gasteiger charge is -2.26.